The molecule has 0 bridgehead atoms. The van der Waals surface area contributed by atoms with Crippen molar-refractivity contribution in [3.63, 3.8) is 0 Å². The number of rotatable bonds is 6. The summed E-state index contributed by atoms with van der Waals surface area (Å²) in [6.07, 6.45) is 0. The molecule has 0 aliphatic carbocycles. The molecule has 2 N–H and O–H groups in total. The Morgan fingerprint density at radius 1 is 1.38 bits per heavy atom. The number of amides is 1. The summed E-state index contributed by atoms with van der Waals surface area (Å²) in [5.74, 6) is 1.46. The molecule has 3 rings (SSSR count). The number of tetrazole rings is 1. The first-order valence-electron chi connectivity index (χ1n) is 7.34. The van der Waals surface area contributed by atoms with Crippen LogP contribution < -0.4 is 5.32 Å². The average Bonchev–Trinajstić information content (AvgIpc) is 3.19. The predicted octanol–water partition coefficient (Wildman–Crippen LogP) is 1.23. The predicted molar refractivity (Wildman–Crippen MR) is 85.8 cm³/mol. The molecule has 0 saturated carbocycles. The maximum atomic E-state index is 12.0. The normalized spacial score (nSPS) is 11.0. The van der Waals surface area contributed by atoms with E-state index in [0.717, 1.165) is 11.1 Å². The van der Waals surface area contributed by atoms with Crippen LogP contribution in [-0.4, -0.2) is 50.2 Å². The van der Waals surface area contributed by atoms with Crippen LogP contribution in [0.5, 0.6) is 0 Å². The molecule has 9 nitrogen and oxygen atoms in total. The minimum atomic E-state index is -0.153. The van der Waals surface area contributed by atoms with Crippen molar-refractivity contribution in [2.75, 3.05) is 18.9 Å². The molecule has 0 atom stereocenters. The van der Waals surface area contributed by atoms with E-state index in [1.165, 1.54) is 0 Å². The third-order valence-electron chi connectivity index (χ3n) is 3.29. The van der Waals surface area contributed by atoms with Gasteiger partial charge in [0.05, 0.1) is 6.54 Å². The zero-order chi connectivity index (χ0) is 16.9. The van der Waals surface area contributed by atoms with Crippen molar-refractivity contribution in [1.82, 2.24) is 30.7 Å². The second-order valence-electron chi connectivity index (χ2n) is 5.48. The number of anilines is 1. The molecule has 0 fully saturated rings. The van der Waals surface area contributed by atoms with Gasteiger partial charge in [0.25, 0.3) is 0 Å². The zero-order valence-corrected chi connectivity index (χ0v) is 13.4. The highest BCUT2D eigenvalue weighted by atomic mass is 16.5. The summed E-state index contributed by atoms with van der Waals surface area (Å²) >= 11 is 0. The van der Waals surface area contributed by atoms with Gasteiger partial charge in [0, 0.05) is 18.2 Å². The molecule has 124 valence electrons. The Bertz CT molecular complexity index is 813. The zero-order valence-electron chi connectivity index (χ0n) is 13.4. The fourth-order valence-electron chi connectivity index (χ4n) is 2.31. The van der Waals surface area contributed by atoms with Crippen molar-refractivity contribution < 1.29 is 9.32 Å². The summed E-state index contributed by atoms with van der Waals surface area (Å²) in [4.78, 5) is 13.9. The number of nitrogens with zero attached hydrogens (tertiary/aromatic N) is 5. The number of hydrogen-bond donors (Lipinski definition) is 2. The van der Waals surface area contributed by atoms with Crippen molar-refractivity contribution in [2.24, 2.45) is 0 Å². The van der Waals surface area contributed by atoms with Gasteiger partial charge in [0.15, 0.2) is 5.82 Å². The van der Waals surface area contributed by atoms with Gasteiger partial charge in [0.1, 0.15) is 5.76 Å². The van der Waals surface area contributed by atoms with Crippen LogP contribution in [0.2, 0.25) is 0 Å². The standard InChI is InChI=1S/C15H17N7O2/c1-10-6-13(19-24-10)16-14(23)9-22(2)8-11-4-3-5-12(7-11)15-17-20-21-18-15/h3-7H,8-9H2,1-2H3,(H,16,19,23)(H,17,18,20,21). The average molecular weight is 327 g/mol. The Morgan fingerprint density at radius 3 is 2.96 bits per heavy atom. The van der Waals surface area contributed by atoms with Crippen LogP contribution in [0.25, 0.3) is 11.4 Å². The number of carbonyl (C=O) groups is 1. The third kappa shape index (κ3) is 4.02. The first-order chi connectivity index (χ1) is 11.6. The molecular weight excluding hydrogens is 310 g/mol. The lowest BCUT2D eigenvalue weighted by molar-refractivity contribution is -0.117. The third-order valence-corrected chi connectivity index (χ3v) is 3.29. The molecule has 1 aromatic carbocycles. The van der Waals surface area contributed by atoms with E-state index in [-0.39, 0.29) is 12.5 Å². The second-order valence-corrected chi connectivity index (χ2v) is 5.48. The van der Waals surface area contributed by atoms with Gasteiger partial charge in [-0.15, -0.1) is 10.2 Å². The van der Waals surface area contributed by atoms with Crippen molar-refractivity contribution in [1.29, 1.82) is 0 Å². The van der Waals surface area contributed by atoms with Gasteiger partial charge in [-0.1, -0.05) is 23.4 Å². The molecule has 0 saturated heterocycles. The monoisotopic (exact) mass is 327 g/mol. The summed E-state index contributed by atoms with van der Waals surface area (Å²) in [5.41, 5.74) is 1.92. The summed E-state index contributed by atoms with van der Waals surface area (Å²) < 4.78 is 4.92. The number of H-pyrrole nitrogens is 1. The molecule has 9 heteroatoms. The summed E-state index contributed by atoms with van der Waals surface area (Å²) in [6, 6.07) is 9.46. The Hall–Kier alpha value is -3.07. The van der Waals surface area contributed by atoms with Crippen LogP contribution in [0.1, 0.15) is 11.3 Å². The summed E-state index contributed by atoms with van der Waals surface area (Å²) in [7, 11) is 1.87. The Morgan fingerprint density at radius 2 is 2.25 bits per heavy atom. The maximum absolute atomic E-state index is 12.0. The highest BCUT2D eigenvalue weighted by Gasteiger charge is 2.11. The van der Waals surface area contributed by atoms with E-state index in [1.807, 2.05) is 36.2 Å². The van der Waals surface area contributed by atoms with Gasteiger partial charge in [-0.2, -0.15) is 5.21 Å². The molecule has 0 spiro atoms. The molecule has 2 heterocycles. The van der Waals surface area contributed by atoms with Gasteiger partial charge in [-0.3, -0.25) is 9.69 Å². The van der Waals surface area contributed by atoms with Crippen LogP contribution in [0.15, 0.2) is 34.9 Å². The topological polar surface area (TPSA) is 113 Å². The minimum absolute atomic E-state index is 0.153. The number of likely N-dealkylation sites (N-methyl/N-ethyl adjacent to an activating group) is 1. The highest BCUT2D eigenvalue weighted by Crippen LogP contribution is 2.16. The molecule has 3 aromatic rings. The van der Waals surface area contributed by atoms with Crippen LogP contribution in [0.4, 0.5) is 5.82 Å². The lowest BCUT2D eigenvalue weighted by atomic mass is 10.1. The SMILES string of the molecule is Cc1cc(NC(=O)CN(C)Cc2cccc(-c3nn[nH]n3)c2)no1. The van der Waals surface area contributed by atoms with E-state index < -0.39 is 0 Å². The van der Waals surface area contributed by atoms with Crippen LogP contribution >= 0.6 is 0 Å². The Labute approximate surface area is 138 Å². The molecule has 24 heavy (non-hydrogen) atoms. The summed E-state index contributed by atoms with van der Waals surface area (Å²) in [6.45, 7) is 2.61. The lowest BCUT2D eigenvalue weighted by Gasteiger charge is -2.16. The van der Waals surface area contributed by atoms with Crippen molar-refractivity contribution in [3.05, 3.63) is 41.7 Å². The fraction of sp³-hybridized carbons (Fsp3) is 0.267. The van der Waals surface area contributed by atoms with Gasteiger partial charge < -0.3 is 9.84 Å². The van der Waals surface area contributed by atoms with Crippen molar-refractivity contribution >= 4 is 11.7 Å². The van der Waals surface area contributed by atoms with Gasteiger partial charge in [-0.05, 0) is 30.8 Å². The molecule has 0 aliphatic rings. The highest BCUT2D eigenvalue weighted by molar-refractivity contribution is 5.91. The van der Waals surface area contributed by atoms with Gasteiger partial charge in [-0.25, -0.2) is 0 Å². The maximum Gasteiger partial charge on any atom is 0.239 e. The molecular formula is C15H17N7O2. The molecule has 1 amide bonds. The van der Waals surface area contributed by atoms with Crippen LogP contribution in [-0.2, 0) is 11.3 Å². The van der Waals surface area contributed by atoms with Crippen LogP contribution in [0, 0.1) is 6.92 Å². The van der Waals surface area contributed by atoms with E-state index in [1.54, 1.807) is 13.0 Å². The van der Waals surface area contributed by atoms with E-state index in [9.17, 15) is 4.79 Å². The van der Waals surface area contributed by atoms with Crippen molar-refractivity contribution in [3.8, 4) is 11.4 Å². The number of aryl methyl sites for hydroxylation is 1. The van der Waals surface area contributed by atoms with Gasteiger partial charge in [0.2, 0.25) is 11.7 Å². The van der Waals surface area contributed by atoms with E-state index in [2.05, 4.69) is 31.1 Å². The Kier molecular flexibility index (Phi) is 4.62. The lowest BCUT2D eigenvalue weighted by Crippen LogP contribution is -2.29. The van der Waals surface area contributed by atoms with E-state index in [4.69, 9.17) is 4.52 Å². The first-order valence-corrected chi connectivity index (χ1v) is 7.34. The van der Waals surface area contributed by atoms with Crippen molar-refractivity contribution in [2.45, 2.75) is 13.5 Å². The smallest absolute Gasteiger partial charge is 0.239 e. The van der Waals surface area contributed by atoms with E-state index >= 15 is 0 Å². The summed E-state index contributed by atoms with van der Waals surface area (Å²) in [5, 5.41) is 20.3. The molecule has 0 unspecified atom stereocenters. The largest absolute Gasteiger partial charge is 0.360 e. The molecule has 0 aliphatic heterocycles. The second kappa shape index (κ2) is 7.01. The molecule has 2 aromatic heterocycles. The molecule has 0 radical (unpaired) electrons. The number of carbonyl (C=O) groups excluding carboxylic acids is 1. The number of nitrogens with one attached hydrogen (secondary N) is 2. The van der Waals surface area contributed by atoms with Crippen LogP contribution in [0.3, 0.4) is 0 Å². The fourth-order valence-corrected chi connectivity index (χ4v) is 2.31. The van der Waals surface area contributed by atoms with Gasteiger partial charge >= 0.3 is 0 Å². The number of aromatic nitrogens is 5. The number of aromatic amines is 1. The quantitative estimate of drug-likeness (QED) is 0.700. The minimum Gasteiger partial charge on any atom is -0.360 e. The van der Waals surface area contributed by atoms with E-state index in [0.29, 0.717) is 23.9 Å². The number of hydrogen-bond acceptors (Lipinski definition) is 7. The Balaban J connectivity index is 1.57. The first kappa shape index (κ1) is 15.8. The number of benzene rings is 1.